The van der Waals surface area contributed by atoms with Crippen molar-refractivity contribution in [2.24, 2.45) is 11.7 Å². The zero-order valence-corrected chi connectivity index (χ0v) is 12.5. The van der Waals surface area contributed by atoms with Crippen LogP contribution in [0.2, 0.25) is 0 Å². The van der Waals surface area contributed by atoms with Crippen LogP contribution in [0.5, 0.6) is 0 Å². The highest BCUT2D eigenvalue weighted by atomic mass is 35.5. The Hall–Kier alpha value is -0.850. The Morgan fingerprint density at radius 3 is 2.58 bits per heavy atom. The summed E-state index contributed by atoms with van der Waals surface area (Å²) in [5, 5.41) is 2.57. The van der Waals surface area contributed by atoms with Crippen LogP contribution in [0.25, 0.3) is 0 Å². The SMILES string of the molecule is CC(C)[C@H](N)C(=O)NCC(=O)N(C)C1CCOC1.Cl. The Bertz CT molecular complexity index is 307. The van der Waals surface area contributed by atoms with E-state index in [9.17, 15) is 9.59 Å². The van der Waals surface area contributed by atoms with E-state index in [1.165, 1.54) is 0 Å². The fraction of sp³-hybridized carbons (Fsp3) is 0.833. The Morgan fingerprint density at radius 2 is 2.11 bits per heavy atom. The minimum absolute atomic E-state index is 0. The van der Waals surface area contributed by atoms with E-state index < -0.39 is 6.04 Å². The van der Waals surface area contributed by atoms with Crippen molar-refractivity contribution >= 4 is 24.2 Å². The van der Waals surface area contributed by atoms with Crippen LogP contribution in [0, 0.1) is 5.92 Å². The summed E-state index contributed by atoms with van der Waals surface area (Å²) < 4.78 is 5.22. The highest BCUT2D eigenvalue weighted by Crippen LogP contribution is 2.10. The van der Waals surface area contributed by atoms with Crippen LogP contribution >= 0.6 is 12.4 Å². The molecule has 1 rings (SSSR count). The number of hydrogen-bond donors (Lipinski definition) is 2. The molecule has 2 atom stereocenters. The largest absolute Gasteiger partial charge is 0.379 e. The molecule has 0 radical (unpaired) electrons. The molecular formula is C12H24ClN3O3. The molecule has 1 heterocycles. The number of ether oxygens (including phenoxy) is 1. The first kappa shape index (κ1) is 18.1. The second-order valence-corrected chi connectivity index (χ2v) is 5.01. The number of rotatable bonds is 5. The molecule has 1 unspecified atom stereocenters. The second kappa shape index (κ2) is 8.35. The van der Waals surface area contributed by atoms with Gasteiger partial charge in [-0.3, -0.25) is 9.59 Å². The number of halogens is 1. The highest BCUT2D eigenvalue weighted by molar-refractivity contribution is 5.87. The van der Waals surface area contributed by atoms with E-state index in [4.69, 9.17) is 10.5 Å². The minimum Gasteiger partial charge on any atom is -0.379 e. The van der Waals surface area contributed by atoms with Crippen molar-refractivity contribution in [1.29, 1.82) is 0 Å². The topological polar surface area (TPSA) is 84.7 Å². The third-order valence-electron chi connectivity index (χ3n) is 3.28. The molecule has 0 saturated carbocycles. The molecule has 0 aromatic heterocycles. The first-order chi connectivity index (χ1) is 8.43. The molecule has 3 N–H and O–H groups in total. The van der Waals surface area contributed by atoms with E-state index in [0.717, 1.165) is 6.42 Å². The van der Waals surface area contributed by atoms with Gasteiger partial charge in [-0.05, 0) is 12.3 Å². The van der Waals surface area contributed by atoms with Crippen LogP contribution in [0.1, 0.15) is 20.3 Å². The number of hydrogen-bond acceptors (Lipinski definition) is 4. The fourth-order valence-electron chi connectivity index (χ4n) is 1.74. The number of amides is 2. The van der Waals surface area contributed by atoms with Gasteiger partial charge in [-0.1, -0.05) is 13.8 Å². The standard InChI is InChI=1S/C12H23N3O3.ClH/c1-8(2)11(13)12(17)14-6-10(16)15(3)9-4-5-18-7-9;/h8-9,11H,4-7,13H2,1-3H3,(H,14,17);1H/t9?,11-;/m0./s1. The van der Waals surface area contributed by atoms with Crippen LogP contribution in [-0.2, 0) is 14.3 Å². The Kier molecular flexibility index (Phi) is 7.97. The van der Waals surface area contributed by atoms with Crippen molar-refractivity contribution in [1.82, 2.24) is 10.2 Å². The smallest absolute Gasteiger partial charge is 0.242 e. The van der Waals surface area contributed by atoms with E-state index in [0.29, 0.717) is 13.2 Å². The zero-order valence-electron chi connectivity index (χ0n) is 11.7. The Balaban J connectivity index is 0.00000324. The van der Waals surface area contributed by atoms with E-state index in [-0.39, 0.29) is 42.7 Å². The van der Waals surface area contributed by atoms with Crippen molar-refractivity contribution in [2.75, 3.05) is 26.8 Å². The first-order valence-electron chi connectivity index (χ1n) is 6.30. The molecule has 0 aromatic carbocycles. The highest BCUT2D eigenvalue weighted by Gasteiger charge is 2.25. The van der Waals surface area contributed by atoms with Gasteiger partial charge >= 0.3 is 0 Å². The summed E-state index contributed by atoms with van der Waals surface area (Å²) in [6, 6.07) is -0.453. The van der Waals surface area contributed by atoms with E-state index in [1.54, 1.807) is 11.9 Å². The summed E-state index contributed by atoms with van der Waals surface area (Å²) in [5.41, 5.74) is 5.69. The summed E-state index contributed by atoms with van der Waals surface area (Å²) in [6.07, 6.45) is 0.849. The average Bonchev–Trinajstić information content (AvgIpc) is 2.87. The van der Waals surface area contributed by atoms with Crippen LogP contribution < -0.4 is 11.1 Å². The third kappa shape index (κ3) is 5.34. The van der Waals surface area contributed by atoms with E-state index >= 15 is 0 Å². The zero-order chi connectivity index (χ0) is 13.7. The predicted octanol–water partition coefficient (Wildman–Crippen LogP) is -0.245. The van der Waals surface area contributed by atoms with Gasteiger partial charge < -0.3 is 20.7 Å². The molecule has 0 bridgehead atoms. The van der Waals surface area contributed by atoms with Crippen molar-refractivity contribution in [3.05, 3.63) is 0 Å². The summed E-state index contributed by atoms with van der Waals surface area (Å²) in [5.74, 6) is -0.342. The number of nitrogens with zero attached hydrogens (tertiary/aromatic N) is 1. The molecule has 1 fully saturated rings. The van der Waals surface area contributed by atoms with Gasteiger partial charge in [0.15, 0.2) is 0 Å². The number of carbonyl (C=O) groups excluding carboxylic acids is 2. The molecule has 0 aromatic rings. The molecule has 19 heavy (non-hydrogen) atoms. The first-order valence-corrected chi connectivity index (χ1v) is 6.30. The molecule has 7 heteroatoms. The van der Waals surface area contributed by atoms with Crippen LogP contribution in [0.3, 0.4) is 0 Å². The van der Waals surface area contributed by atoms with Crippen LogP contribution in [0.15, 0.2) is 0 Å². The summed E-state index contributed by atoms with van der Waals surface area (Å²) >= 11 is 0. The lowest BCUT2D eigenvalue weighted by molar-refractivity contribution is -0.134. The maximum Gasteiger partial charge on any atom is 0.242 e. The number of nitrogens with one attached hydrogen (secondary N) is 1. The van der Waals surface area contributed by atoms with Gasteiger partial charge in [-0.2, -0.15) is 0 Å². The van der Waals surface area contributed by atoms with E-state index in [1.807, 2.05) is 13.8 Å². The maximum atomic E-state index is 11.8. The Morgan fingerprint density at radius 1 is 1.47 bits per heavy atom. The van der Waals surface area contributed by atoms with Crippen molar-refractivity contribution in [3.8, 4) is 0 Å². The van der Waals surface area contributed by atoms with Gasteiger partial charge in [0.2, 0.25) is 11.8 Å². The quantitative estimate of drug-likeness (QED) is 0.732. The molecule has 6 nitrogen and oxygen atoms in total. The summed E-state index contributed by atoms with van der Waals surface area (Å²) in [4.78, 5) is 25.1. The molecule has 0 aliphatic carbocycles. The number of carbonyl (C=O) groups is 2. The molecule has 0 spiro atoms. The Labute approximate surface area is 120 Å². The fourth-order valence-corrected chi connectivity index (χ4v) is 1.74. The van der Waals surface area contributed by atoms with Crippen molar-refractivity contribution < 1.29 is 14.3 Å². The third-order valence-corrected chi connectivity index (χ3v) is 3.28. The average molecular weight is 294 g/mol. The lowest BCUT2D eigenvalue weighted by atomic mass is 10.1. The minimum atomic E-state index is -0.571. The van der Waals surface area contributed by atoms with Gasteiger partial charge in [0, 0.05) is 13.7 Å². The summed E-state index contributed by atoms with van der Waals surface area (Å²) in [7, 11) is 1.73. The number of likely N-dealkylation sites (N-methyl/N-ethyl adjacent to an activating group) is 1. The predicted molar refractivity (Wildman–Crippen MR) is 75.1 cm³/mol. The summed E-state index contributed by atoms with van der Waals surface area (Å²) in [6.45, 7) is 4.99. The number of nitrogens with two attached hydrogens (primary N) is 1. The van der Waals surface area contributed by atoms with Crippen LogP contribution in [0.4, 0.5) is 0 Å². The molecule has 2 amide bonds. The van der Waals surface area contributed by atoms with Crippen molar-refractivity contribution in [2.45, 2.75) is 32.4 Å². The van der Waals surface area contributed by atoms with Gasteiger partial charge in [0.05, 0.1) is 25.2 Å². The molecule has 1 saturated heterocycles. The maximum absolute atomic E-state index is 11.8. The van der Waals surface area contributed by atoms with E-state index in [2.05, 4.69) is 5.32 Å². The normalized spacial score (nSPS) is 19.7. The molecular weight excluding hydrogens is 270 g/mol. The second-order valence-electron chi connectivity index (χ2n) is 5.01. The monoisotopic (exact) mass is 293 g/mol. The molecule has 112 valence electrons. The van der Waals surface area contributed by atoms with Gasteiger partial charge in [0.1, 0.15) is 0 Å². The molecule has 1 aliphatic heterocycles. The lowest BCUT2D eigenvalue weighted by Gasteiger charge is -2.24. The van der Waals surface area contributed by atoms with Gasteiger partial charge in [0.25, 0.3) is 0 Å². The van der Waals surface area contributed by atoms with Gasteiger partial charge in [-0.25, -0.2) is 0 Å². The molecule has 1 aliphatic rings. The van der Waals surface area contributed by atoms with Gasteiger partial charge in [-0.15, -0.1) is 12.4 Å². The van der Waals surface area contributed by atoms with Crippen LogP contribution in [-0.4, -0.2) is 55.6 Å². The lowest BCUT2D eigenvalue weighted by Crippen LogP contribution is -2.49. The van der Waals surface area contributed by atoms with Crippen molar-refractivity contribution in [3.63, 3.8) is 0 Å².